The Morgan fingerprint density at radius 3 is 0.122 bits per heavy atom. The molecule has 0 spiro atoms. The van der Waals surface area contributed by atoms with E-state index in [0.29, 0.717) is 0 Å². The molecule has 0 saturated carbocycles. The second-order valence-corrected chi connectivity index (χ2v) is 0. The minimum absolute atomic E-state index is 0. The molecule has 0 aliphatic rings. The van der Waals surface area contributed by atoms with E-state index in [1.165, 1.54) is 0 Å². The standard InChI is InChI=1S/18CN.3Fe.2Os/c18*1-2;;;;;/q18*-1;3*+4;;. The zero-order valence-electron chi connectivity index (χ0n) is 18.8. The van der Waals surface area contributed by atoms with Gasteiger partial charge in [0.15, 0.2) is 0 Å². The number of rotatable bonds is 0. The minimum Gasteiger partial charge on any atom is -0.512 e. The Morgan fingerprint density at radius 1 is 0.122 bits per heavy atom. The van der Waals surface area contributed by atoms with E-state index in [1.807, 2.05) is 0 Å². The van der Waals surface area contributed by atoms with Gasteiger partial charge in [0, 0.05) is 39.6 Å². The number of nitrogens with zero attached hydrogens (tertiary/aromatic N) is 18. The zero-order valence-corrected chi connectivity index (χ0v) is 27.2. The summed E-state index contributed by atoms with van der Waals surface area (Å²) in [7, 11) is 0. The van der Waals surface area contributed by atoms with Crippen LogP contribution in [-0.2, 0) is 90.8 Å². The SMILES string of the molecule is [C-]#N.[C-]#N.[C-]#N.[C-]#N.[C-]#N.[C-]#N.[C-]#N.[C-]#N.[C-]#N.[C-]#N.[C-]#N.[C-]#N.[C-]#N.[C-]#N.[C-]#N.[C-]#N.[C-]#N.[C-]#N.[Fe+4].[Fe+4].[Fe+4].[Os].[Os]. The molecule has 0 heterocycles. The molecule has 0 aromatic carbocycles. The first-order valence-corrected chi connectivity index (χ1v) is 4.02. The molecule has 0 unspecified atom stereocenters. The van der Waals surface area contributed by atoms with Gasteiger partial charge in [-0.3, -0.25) is 0 Å². The first-order chi connectivity index (χ1) is 18.0. The van der Waals surface area contributed by atoms with Crippen LogP contribution in [0.15, 0.2) is 0 Å². The predicted octanol–water partition coefficient (Wildman–Crippen LogP) is 1.72. The first kappa shape index (κ1) is 289. The smallest absolute Gasteiger partial charge is 0.512 e. The Balaban J connectivity index is -0.00000000396. The van der Waals surface area contributed by atoms with E-state index in [0.717, 1.165) is 0 Å². The third-order valence-corrected chi connectivity index (χ3v) is 0. The number of hydrogen-bond acceptors (Lipinski definition) is 18. The van der Waals surface area contributed by atoms with Crippen molar-refractivity contribution in [3.8, 4) is 0 Å². The summed E-state index contributed by atoms with van der Waals surface area (Å²) >= 11 is 0. The summed E-state index contributed by atoms with van der Waals surface area (Å²) in [5.41, 5.74) is 0. The average molecular weight is 1020 g/mol. The molecule has 0 rings (SSSR count). The van der Waals surface area contributed by atoms with Crippen molar-refractivity contribution < 1.29 is 90.8 Å². The molecule has 0 aromatic heterocycles. The fraction of sp³-hybridized carbons (Fsp3) is 0. The van der Waals surface area contributed by atoms with E-state index in [-0.39, 0.29) is 90.8 Å². The maximum atomic E-state index is 6.25. The molecule has 0 fully saturated rings. The Hall–Kier alpha value is -6.35. The van der Waals surface area contributed by atoms with Crippen LogP contribution in [0.2, 0.25) is 0 Å². The van der Waals surface area contributed by atoms with Gasteiger partial charge in [-0.25, -0.2) is 0 Å². The van der Waals surface area contributed by atoms with Crippen molar-refractivity contribution in [2.45, 2.75) is 0 Å². The minimum atomic E-state index is 0. The quantitative estimate of drug-likeness (QED) is 0.246. The Kier molecular flexibility index (Phi) is 6270. The summed E-state index contributed by atoms with van der Waals surface area (Å²) in [6.45, 7) is 85.5. The monoisotopic (exact) mass is 1020 g/mol. The van der Waals surface area contributed by atoms with Crippen molar-refractivity contribution in [2.24, 2.45) is 0 Å². The molecule has 0 aromatic rings. The fourth-order valence-electron chi connectivity index (χ4n) is 0. The van der Waals surface area contributed by atoms with Crippen molar-refractivity contribution in [1.82, 2.24) is 0 Å². The van der Waals surface area contributed by atoms with E-state index >= 15 is 0 Å². The maximum Gasteiger partial charge on any atom is 4.00 e. The molecule has 23 heteroatoms. The van der Waals surface area contributed by atoms with E-state index in [2.05, 4.69) is 0 Å². The molecular weight excluding hydrogens is 1020 g/mol. The summed E-state index contributed by atoms with van der Waals surface area (Å²) in [6, 6.07) is 0. The molecular formula is C18Fe3N18Os2-6. The van der Waals surface area contributed by atoms with Gasteiger partial charge in [0.05, 0.1) is 0 Å². The van der Waals surface area contributed by atoms with Gasteiger partial charge < -0.3 is 213 Å². The van der Waals surface area contributed by atoms with E-state index in [4.69, 9.17) is 213 Å². The Morgan fingerprint density at radius 2 is 0.122 bits per heavy atom. The predicted molar refractivity (Wildman–Crippen MR) is 89.4 cm³/mol. The Bertz CT molecular complexity index is 374. The van der Waals surface area contributed by atoms with E-state index in [9.17, 15) is 0 Å². The molecule has 0 amide bonds. The molecule has 0 radical (unpaired) electrons. The van der Waals surface area contributed by atoms with Crippen LogP contribution < -0.4 is 0 Å². The fourth-order valence-corrected chi connectivity index (χ4v) is 0. The van der Waals surface area contributed by atoms with Crippen LogP contribution >= 0.6 is 0 Å². The summed E-state index contributed by atoms with van der Waals surface area (Å²) in [5.74, 6) is 0. The third kappa shape index (κ3) is 836. The van der Waals surface area contributed by atoms with Crippen molar-refractivity contribution in [3.05, 3.63) is 118 Å². The van der Waals surface area contributed by atoms with Crippen LogP contribution in [0.3, 0.4) is 0 Å². The van der Waals surface area contributed by atoms with Crippen LogP contribution in [0, 0.1) is 213 Å². The van der Waals surface area contributed by atoms with Crippen molar-refractivity contribution in [1.29, 1.82) is 94.7 Å². The van der Waals surface area contributed by atoms with Crippen molar-refractivity contribution >= 4 is 0 Å². The van der Waals surface area contributed by atoms with Gasteiger partial charge in [-0.1, -0.05) is 0 Å². The maximum absolute atomic E-state index is 6.25. The van der Waals surface area contributed by atoms with Crippen LogP contribution in [0.25, 0.3) is 0 Å². The molecule has 0 atom stereocenters. The van der Waals surface area contributed by atoms with Crippen molar-refractivity contribution in [2.75, 3.05) is 0 Å². The van der Waals surface area contributed by atoms with E-state index < -0.39 is 0 Å². The van der Waals surface area contributed by atoms with Gasteiger partial charge in [-0.2, -0.15) is 0 Å². The zero-order chi connectivity index (χ0) is 36.0. The average Bonchev–Trinajstić information content (AvgIpc) is 3.13. The molecule has 41 heavy (non-hydrogen) atoms. The summed E-state index contributed by atoms with van der Waals surface area (Å²) in [5, 5.41) is 112. The second-order valence-electron chi connectivity index (χ2n) is 0. The van der Waals surface area contributed by atoms with Gasteiger partial charge in [0.25, 0.3) is 0 Å². The van der Waals surface area contributed by atoms with Crippen LogP contribution in [0.1, 0.15) is 0 Å². The summed E-state index contributed by atoms with van der Waals surface area (Å²) in [6.07, 6.45) is 0. The summed E-state index contributed by atoms with van der Waals surface area (Å²) < 4.78 is 0. The second kappa shape index (κ2) is 890. The summed E-state index contributed by atoms with van der Waals surface area (Å²) in [4.78, 5) is 0. The van der Waals surface area contributed by atoms with Gasteiger partial charge in [0.1, 0.15) is 0 Å². The molecule has 0 bridgehead atoms. The van der Waals surface area contributed by atoms with Crippen LogP contribution in [0.4, 0.5) is 0 Å². The van der Waals surface area contributed by atoms with Gasteiger partial charge in [-0.05, 0) is 0 Å². The van der Waals surface area contributed by atoms with Gasteiger partial charge in [0.2, 0.25) is 0 Å². The van der Waals surface area contributed by atoms with Crippen LogP contribution in [-0.4, -0.2) is 0 Å². The molecule has 18 nitrogen and oxygen atoms in total. The molecule has 0 aliphatic heterocycles. The molecule has 0 aliphatic carbocycles. The molecule has 0 N–H and O–H groups in total. The topological polar surface area (TPSA) is 428 Å². The van der Waals surface area contributed by atoms with Gasteiger partial charge >= 0.3 is 51.2 Å². The van der Waals surface area contributed by atoms with Crippen molar-refractivity contribution in [3.63, 3.8) is 0 Å². The third-order valence-electron chi connectivity index (χ3n) is 0. The molecule has 0 saturated heterocycles. The van der Waals surface area contributed by atoms with Crippen LogP contribution in [0.5, 0.6) is 0 Å². The van der Waals surface area contributed by atoms with Gasteiger partial charge in [-0.15, -0.1) is 0 Å². The van der Waals surface area contributed by atoms with E-state index in [1.54, 1.807) is 0 Å². The number of hydrogen-bond donors (Lipinski definition) is 0. The normalized spacial score (nSPS) is 0.878. The molecule has 208 valence electrons. The first-order valence-electron chi connectivity index (χ1n) is 4.02. The largest absolute Gasteiger partial charge is 4.00 e. The Labute approximate surface area is 301 Å².